The summed E-state index contributed by atoms with van der Waals surface area (Å²) in [5.41, 5.74) is 3.08. The van der Waals surface area contributed by atoms with Gasteiger partial charge in [-0.05, 0) is 29.8 Å². The van der Waals surface area contributed by atoms with Gasteiger partial charge in [0.1, 0.15) is 0 Å². The third kappa shape index (κ3) is 4.28. The van der Waals surface area contributed by atoms with Gasteiger partial charge in [0, 0.05) is 12.4 Å². The summed E-state index contributed by atoms with van der Waals surface area (Å²) < 4.78 is 0. The van der Waals surface area contributed by atoms with E-state index in [4.69, 9.17) is 23.2 Å². The van der Waals surface area contributed by atoms with Crippen molar-refractivity contribution in [3.63, 3.8) is 0 Å². The van der Waals surface area contributed by atoms with Crippen LogP contribution in [0.25, 0.3) is 0 Å². The van der Waals surface area contributed by atoms with Gasteiger partial charge in [-0.3, -0.25) is 14.6 Å². The quantitative estimate of drug-likeness (QED) is 0.513. The molecule has 112 valence electrons. The molecule has 0 spiro atoms. The number of halogens is 2. The summed E-state index contributed by atoms with van der Waals surface area (Å²) in [4.78, 5) is 27.2. The van der Waals surface area contributed by atoms with E-state index in [2.05, 4.69) is 20.8 Å². The van der Waals surface area contributed by atoms with E-state index in [1.165, 1.54) is 12.3 Å². The fourth-order valence-electron chi connectivity index (χ4n) is 1.45. The first-order chi connectivity index (χ1) is 10.6. The average Bonchev–Trinajstić information content (AvgIpc) is 2.52. The number of pyridine rings is 1. The summed E-state index contributed by atoms with van der Waals surface area (Å²) in [5, 5.41) is 6.45. The van der Waals surface area contributed by atoms with Crippen molar-refractivity contribution in [3.05, 3.63) is 58.3 Å². The van der Waals surface area contributed by atoms with E-state index in [0.29, 0.717) is 0 Å². The predicted octanol–water partition coefficient (Wildman–Crippen LogP) is 2.48. The van der Waals surface area contributed by atoms with E-state index >= 15 is 0 Å². The number of rotatable bonds is 3. The molecule has 0 fully saturated rings. The standard InChI is InChI=1S/C14H10Cl2N4O2/c15-10-2-1-3-11(12(10)16)19-13(21)14(22)20-18-8-9-4-6-17-7-5-9/h1-8H,(H,19,21)(H,20,22)/b18-8-. The second kappa shape index (κ2) is 7.53. The van der Waals surface area contributed by atoms with Crippen LogP contribution in [-0.2, 0) is 9.59 Å². The van der Waals surface area contributed by atoms with Gasteiger partial charge >= 0.3 is 11.8 Å². The molecule has 0 aliphatic heterocycles. The zero-order valence-corrected chi connectivity index (χ0v) is 12.6. The Hall–Kier alpha value is -2.44. The smallest absolute Gasteiger partial charge is 0.316 e. The SMILES string of the molecule is O=C(N/N=C\c1ccncc1)C(=O)Nc1cccc(Cl)c1Cl. The molecule has 6 nitrogen and oxygen atoms in total. The number of amides is 2. The van der Waals surface area contributed by atoms with E-state index in [1.54, 1.807) is 36.7 Å². The number of hydrogen-bond donors (Lipinski definition) is 2. The molecular weight excluding hydrogens is 327 g/mol. The van der Waals surface area contributed by atoms with Crippen LogP contribution in [0.2, 0.25) is 10.0 Å². The van der Waals surface area contributed by atoms with Crippen LogP contribution in [0.4, 0.5) is 5.69 Å². The van der Waals surface area contributed by atoms with Crippen LogP contribution in [0.5, 0.6) is 0 Å². The molecule has 0 saturated carbocycles. The van der Waals surface area contributed by atoms with Gasteiger partial charge in [-0.25, -0.2) is 5.43 Å². The van der Waals surface area contributed by atoms with Crippen molar-refractivity contribution in [1.82, 2.24) is 10.4 Å². The molecule has 1 aromatic carbocycles. The molecule has 2 amide bonds. The second-order valence-corrected chi connectivity index (χ2v) is 4.82. The molecule has 0 radical (unpaired) electrons. The van der Waals surface area contributed by atoms with Crippen molar-refractivity contribution in [2.24, 2.45) is 5.10 Å². The van der Waals surface area contributed by atoms with Crippen molar-refractivity contribution < 1.29 is 9.59 Å². The van der Waals surface area contributed by atoms with Gasteiger partial charge in [-0.1, -0.05) is 29.3 Å². The summed E-state index contributed by atoms with van der Waals surface area (Å²) in [7, 11) is 0. The van der Waals surface area contributed by atoms with E-state index in [1.807, 2.05) is 0 Å². The van der Waals surface area contributed by atoms with Gasteiger partial charge in [0.25, 0.3) is 0 Å². The van der Waals surface area contributed by atoms with Gasteiger partial charge in [-0.2, -0.15) is 5.10 Å². The fourth-order valence-corrected chi connectivity index (χ4v) is 1.79. The fraction of sp³-hybridized carbons (Fsp3) is 0. The van der Waals surface area contributed by atoms with Crippen molar-refractivity contribution in [2.75, 3.05) is 5.32 Å². The van der Waals surface area contributed by atoms with E-state index in [0.717, 1.165) is 5.56 Å². The molecule has 1 aromatic heterocycles. The maximum atomic E-state index is 11.7. The molecule has 2 N–H and O–H groups in total. The Labute approximate surface area is 136 Å². The molecule has 2 rings (SSSR count). The molecule has 0 aliphatic rings. The number of anilines is 1. The zero-order chi connectivity index (χ0) is 15.9. The maximum Gasteiger partial charge on any atom is 0.329 e. The first kappa shape index (κ1) is 15.9. The van der Waals surface area contributed by atoms with Crippen molar-refractivity contribution >= 4 is 46.9 Å². The molecule has 0 bridgehead atoms. The lowest BCUT2D eigenvalue weighted by Crippen LogP contribution is -2.32. The number of carbonyl (C=O) groups excluding carboxylic acids is 2. The molecule has 1 heterocycles. The predicted molar refractivity (Wildman–Crippen MR) is 85.1 cm³/mol. The Morgan fingerprint density at radius 1 is 1.09 bits per heavy atom. The van der Waals surface area contributed by atoms with Crippen LogP contribution < -0.4 is 10.7 Å². The van der Waals surface area contributed by atoms with E-state index < -0.39 is 11.8 Å². The van der Waals surface area contributed by atoms with Gasteiger partial charge in [0.2, 0.25) is 0 Å². The van der Waals surface area contributed by atoms with Crippen LogP contribution in [0.15, 0.2) is 47.8 Å². The summed E-state index contributed by atoms with van der Waals surface area (Å²) in [5.74, 6) is -1.84. The topological polar surface area (TPSA) is 83.5 Å². The second-order valence-electron chi connectivity index (χ2n) is 4.04. The monoisotopic (exact) mass is 336 g/mol. The Kier molecular flexibility index (Phi) is 5.46. The number of benzene rings is 1. The van der Waals surface area contributed by atoms with Crippen LogP contribution in [0, 0.1) is 0 Å². The molecule has 0 saturated heterocycles. The van der Waals surface area contributed by atoms with Gasteiger partial charge < -0.3 is 5.32 Å². The van der Waals surface area contributed by atoms with E-state index in [9.17, 15) is 9.59 Å². The number of hydrogen-bond acceptors (Lipinski definition) is 4. The molecule has 2 aromatic rings. The molecule has 0 unspecified atom stereocenters. The molecule has 8 heteroatoms. The normalized spacial score (nSPS) is 10.5. The summed E-state index contributed by atoms with van der Waals surface area (Å²) in [6, 6.07) is 8.09. The highest BCUT2D eigenvalue weighted by atomic mass is 35.5. The van der Waals surface area contributed by atoms with E-state index in [-0.39, 0.29) is 15.7 Å². The first-order valence-corrected chi connectivity index (χ1v) is 6.82. The summed E-state index contributed by atoms with van der Waals surface area (Å²) in [6.07, 6.45) is 4.55. The van der Waals surface area contributed by atoms with Gasteiger partial charge in [0.05, 0.1) is 21.9 Å². The van der Waals surface area contributed by atoms with Gasteiger partial charge in [0.15, 0.2) is 0 Å². The lowest BCUT2D eigenvalue weighted by molar-refractivity contribution is -0.136. The number of nitrogens with zero attached hydrogens (tertiary/aromatic N) is 2. The maximum absolute atomic E-state index is 11.7. The Morgan fingerprint density at radius 2 is 1.82 bits per heavy atom. The lowest BCUT2D eigenvalue weighted by Gasteiger charge is -2.06. The number of nitrogens with one attached hydrogen (secondary N) is 2. The zero-order valence-electron chi connectivity index (χ0n) is 11.1. The highest BCUT2D eigenvalue weighted by Gasteiger charge is 2.15. The van der Waals surface area contributed by atoms with Crippen molar-refractivity contribution in [2.45, 2.75) is 0 Å². The largest absolute Gasteiger partial charge is 0.329 e. The van der Waals surface area contributed by atoms with Crippen LogP contribution in [0.1, 0.15) is 5.56 Å². The van der Waals surface area contributed by atoms with Gasteiger partial charge in [-0.15, -0.1) is 0 Å². The number of carbonyl (C=O) groups is 2. The first-order valence-electron chi connectivity index (χ1n) is 6.06. The average molecular weight is 337 g/mol. The Bertz CT molecular complexity index is 720. The molecule has 0 aliphatic carbocycles. The van der Waals surface area contributed by atoms with Crippen molar-refractivity contribution in [3.8, 4) is 0 Å². The number of hydrazone groups is 1. The molecule has 22 heavy (non-hydrogen) atoms. The Balaban J connectivity index is 1.94. The van der Waals surface area contributed by atoms with Crippen LogP contribution in [-0.4, -0.2) is 23.0 Å². The summed E-state index contributed by atoms with van der Waals surface area (Å²) in [6.45, 7) is 0. The minimum atomic E-state index is -0.929. The highest BCUT2D eigenvalue weighted by molar-refractivity contribution is 6.45. The lowest BCUT2D eigenvalue weighted by atomic mass is 10.3. The molecule has 0 atom stereocenters. The summed E-state index contributed by atoms with van der Waals surface area (Å²) >= 11 is 11.7. The number of aromatic nitrogens is 1. The van der Waals surface area contributed by atoms with Crippen LogP contribution in [0.3, 0.4) is 0 Å². The third-order valence-corrected chi connectivity index (χ3v) is 3.31. The van der Waals surface area contributed by atoms with Crippen molar-refractivity contribution in [1.29, 1.82) is 0 Å². The minimum absolute atomic E-state index is 0.158. The molecular formula is C14H10Cl2N4O2. The van der Waals surface area contributed by atoms with Crippen LogP contribution >= 0.6 is 23.2 Å². The third-order valence-electron chi connectivity index (χ3n) is 2.49. The Morgan fingerprint density at radius 3 is 2.55 bits per heavy atom. The minimum Gasteiger partial charge on any atom is -0.316 e. The highest BCUT2D eigenvalue weighted by Crippen LogP contribution is 2.29.